The molecule has 2 aromatic rings. The van der Waals surface area contributed by atoms with Crippen molar-refractivity contribution in [2.24, 2.45) is 17.6 Å². The first-order valence-corrected chi connectivity index (χ1v) is 10.3. The molecule has 2 aliphatic rings. The van der Waals surface area contributed by atoms with Gasteiger partial charge in [0, 0.05) is 17.0 Å². The first-order valence-electron chi connectivity index (χ1n) is 10.3. The average molecular weight is 384 g/mol. The van der Waals surface area contributed by atoms with Crippen molar-refractivity contribution >= 4 is 22.8 Å². The van der Waals surface area contributed by atoms with Gasteiger partial charge in [-0.3, -0.25) is 10.1 Å². The highest BCUT2D eigenvalue weighted by molar-refractivity contribution is 5.96. The van der Waals surface area contributed by atoms with E-state index in [-0.39, 0.29) is 36.3 Å². The van der Waals surface area contributed by atoms with Crippen LogP contribution in [0.2, 0.25) is 0 Å². The Balaban J connectivity index is 1.71. The topological polar surface area (TPSA) is 94.6 Å². The lowest BCUT2D eigenvalue weighted by Gasteiger charge is -2.29. The van der Waals surface area contributed by atoms with Crippen molar-refractivity contribution in [3.63, 3.8) is 0 Å². The van der Waals surface area contributed by atoms with Gasteiger partial charge < -0.3 is 14.9 Å². The number of hydrogen-bond donors (Lipinski definition) is 2. The molecule has 6 nitrogen and oxygen atoms in total. The van der Waals surface area contributed by atoms with Crippen molar-refractivity contribution in [2.45, 2.75) is 57.5 Å². The van der Waals surface area contributed by atoms with E-state index in [4.69, 9.17) is 14.9 Å². The number of carbonyl (C=O) groups is 2. The highest BCUT2D eigenvalue weighted by Gasteiger charge is 2.44. The van der Waals surface area contributed by atoms with E-state index in [1.54, 1.807) is 6.92 Å². The molecule has 1 saturated heterocycles. The quantitative estimate of drug-likeness (QED) is 0.767. The van der Waals surface area contributed by atoms with Gasteiger partial charge in [0.2, 0.25) is 11.7 Å². The number of nitrogens with one attached hydrogen (secondary N) is 1. The monoisotopic (exact) mass is 384 g/mol. The molecule has 3 N–H and O–H groups in total. The SMILES string of the molecule is CCOC(=O)c1oc2ccccc2c1C1C[C@@H](C2CCCCC2)[C@@H](C(N)=O)N1. The van der Waals surface area contributed by atoms with Crippen LogP contribution < -0.4 is 11.1 Å². The van der Waals surface area contributed by atoms with E-state index >= 15 is 0 Å². The Morgan fingerprint density at radius 2 is 1.96 bits per heavy atom. The number of hydrogen-bond acceptors (Lipinski definition) is 5. The van der Waals surface area contributed by atoms with Gasteiger partial charge in [-0.05, 0) is 31.2 Å². The summed E-state index contributed by atoms with van der Waals surface area (Å²) in [5.41, 5.74) is 7.19. The molecule has 1 unspecified atom stereocenters. The summed E-state index contributed by atoms with van der Waals surface area (Å²) in [6.45, 7) is 2.05. The van der Waals surface area contributed by atoms with Crippen LogP contribution in [0.15, 0.2) is 28.7 Å². The third-order valence-electron chi connectivity index (χ3n) is 6.32. The highest BCUT2D eigenvalue weighted by atomic mass is 16.5. The van der Waals surface area contributed by atoms with Crippen LogP contribution in [0.5, 0.6) is 0 Å². The minimum atomic E-state index is -0.466. The van der Waals surface area contributed by atoms with Crippen LogP contribution in [0.3, 0.4) is 0 Å². The van der Waals surface area contributed by atoms with Gasteiger partial charge in [-0.2, -0.15) is 0 Å². The fraction of sp³-hybridized carbons (Fsp3) is 0.545. The Hall–Kier alpha value is -2.34. The summed E-state index contributed by atoms with van der Waals surface area (Å²) < 4.78 is 11.1. The second kappa shape index (κ2) is 7.95. The molecule has 2 heterocycles. The van der Waals surface area contributed by atoms with Gasteiger partial charge in [0.05, 0.1) is 12.6 Å². The molecule has 6 heteroatoms. The predicted octanol–water partition coefficient (Wildman–Crippen LogP) is 3.69. The molecule has 0 spiro atoms. The number of furan rings is 1. The lowest BCUT2D eigenvalue weighted by Crippen LogP contribution is -2.43. The lowest BCUT2D eigenvalue weighted by atomic mass is 9.75. The third kappa shape index (κ3) is 3.41. The van der Waals surface area contributed by atoms with E-state index in [9.17, 15) is 9.59 Å². The molecule has 4 rings (SSSR count). The molecule has 28 heavy (non-hydrogen) atoms. The van der Waals surface area contributed by atoms with Crippen molar-refractivity contribution in [2.75, 3.05) is 6.61 Å². The Morgan fingerprint density at radius 3 is 2.68 bits per heavy atom. The largest absolute Gasteiger partial charge is 0.460 e. The van der Waals surface area contributed by atoms with Gasteiger partial charge in [-0.25, -0.2) is 4.79 Å². The van der Waals surface area contributed by atoms with E-state index in [2.05, 4.69) is 5.32 Å². The standard InChI is InChI=1S/C22H28N2O4/c1-2-27-22(26)20-18(14-10-6-7-11-17(14)28-20)16-12-15(19(24-16)21(23)25)13-8-4-3-5-9-13/h6-7,10-11,13,15-16,19,24H,2-5,8-9,12H2,1H3,(H2,23,25)/t15-,16?,19-/m0/s1. The lowest BCUT2D eigenvalue weighted by molar-refractivity contribution is -0.121. The molecule has 2 fully saturated rings. The number of rotatable bonds is 5. The summed E-state index contributed by atoms with van der Waals surface area (Å²) in [5, 5.41) is 4.31. The number of fused-ring (bicyclic) bond motifs is 1. The molecule has 0 bridgehead atoms. The zero-order chi connectivity index (χ0) is 19.7. The van der Waals surface area contributed by atoms with Gasteiger partial charge in [0.1, 0.15) is 5.58 Å². The molecule has 150 valence electrons. The number of nitrogens with two attached hydrogens (primary N) is 1. The number of ether oxygens (including phenoxy) is 1. The minimum Gasteiger partial charge on any atom is -0.460 e. The van der Waals surface area contributed by atoms with Crippen molar-refractivity contribution in [1.82, 2.24) is 5.32 Å². The smallest absolute Gasteiger partial charge is 0.374 e. The number of esters is 1. The number of para-hydroxylation sites is 1. The van der Waals surface area contributed by atoms with E-state index < -0.39 is 5.97 Å². The van der Waals surface area contributed by atoms with Gasteiger partial charge in [-0.1, -0.05) is 50.3 Å². The Kier molecular flexibility index (Phi) is 5.40. The van der Waals surface area contributed by atoms with Crippen LogP contribution >= 0.6 is 0 Å². The van der Waals surface area contributed by atoms with Crippen LogP contribution in [-0.4, -0.2) is 24.5 Å². The van der Waals surface area contributed by atoms with Crippen molar-refractivity contribution < 1.29 is 18.7 Å². The molecular formula is C22H28N2O4. The van der Waals surface area contributed by atoms with Crippen molar-refractivity contribution in [3.8, 4) is 0 Å². The van der Waals surface area contributed by atoms with Crippen LogP contribution in [0.4, 0.5) is 0 Å². The van der Waals surface area contributed by atoms with Crippen molar-refractivity contribution in [3.05, 3.63) is 35.6 Å². The average Bonchev–Trinajstić information content (AvgIpc) is 3.30. The predicted molar refractivity (Wildman–Crippen MR) is 106 cm³/mol. The van der Waals surface area contributed by atoms with Crippen LogP contribution in [0, 0.1) is 11.8 Å². The second-order valence-electron chi connectivity index (χ2n) is 7.96. The fourth-order valence-corrected chi connectivity index (χ4v) is 5.10. The molecule has 1 amide bonds. The molecular weight excluding hydrogens is 356 g/mol. The normalized spacial score (nSPS) is 25.8. The number of benzene rings is 1. The maximum Gasteiger partial charge on any atom is 0.374 e. The molecule has 3 atom stereocenters. The van der Waals surface area contributed by atoms with Gasteiger partial charge in [0.15, 0.2) is 0 Å². The van der Waals surface area contributed by atoms with Gasteiger partial charge in [0.25, 0.3) is 0 Å². The molecule has 0 radical (unpaired) electrons. The zero-order valence-electron chi connectivity index (χ0n) is 16.3. The maximum atomic E-state index is 12.6. The first-order chi connectivity index (χ1) is 13.6. The molecule has 1 saturated carbocycles. The number of carbonyl (C=O) groups excluding carboxylic acids is 2. The minimum absolute atomic E-state index is 0.160. The summed E-state index contributed by atoms with van der Waals surface area (Å²) in [6.07, 6.45) is 6.73. The van der Waals surface area contributed by atoms with Gasteiger partial charge in [-0.15, -0.1) is 0 Å². The number of amides is 1. The summed E-state index contributed by atoms with van der Waals surface area (Å²) in [5.74, 6) is 0.128. The Morgan fingerprint density at radius 1 is 1.21 bits per heavy atom. The summed E-state index contributed by atoms with van der Waals surface area (Å²) in [6, 6.07) is 7.07. The van der Waals surface area contributed by atoms with Crippen LogP contribution in [-0.2, 0) is 9.53 Å². The van der Waals surface area contributed by atoms with E-state index in [0.717, 1.165) is 30.2 Å². The van der Waals surface area contributed by atoms with Crippen LogP contribution in [0.1, 0.15) is 67.6 Å². The second-order valence-corrected chi connectivity index (χ2v) is 7.96. The molecule has 1 aromatic carbocycles. The number of primary amides is 1. The fourth-order valence-electron chi connectivity index (χ4n) is 5.10. The van der Waals surface area contributed by atoms with Crippen LogP contribution in [0.25, 0.3) is 11.0 Å². The summed E-state index contributed by atoms with van der Waals surface area (Å²) in [7, 11) is 0. The highest BCUT2D eigenvalue weighted by Crippen LogP contribution is 2.44. The van der Waals surface area contributed by atoms with E-state index in [0.29, 0.717) is 11.5 Å². The molecule has 1 aliphatic carbocycles. The van der Waals surface area contributed by atoms with Gasteiger partial charge >= 0.3 is 5.97 Å². The first kappa shape index (κ1) is 19.0. The van der Waals surface area contributed by atoms with E-state index in [1.807, 2.05) is 24.3 Å². The summed E-state index contributed by atoms with van der Waals surface area (Å²) in [4.78, 5) is 24.8. The maximum absolute atomic E-state index is 12.6. The molecule has 1 aromatic heterocycles. The zero-order valence-corrected chi connectivity index (χ0v) is 16.3. The van der Waals surface area contributed by atoms with E-state index in [1.165, 1.54) is 19.3 Å². The van der Waals surface area contributed by atoms with Crippen molar-refractivity contribution in [1.29, 1.82) is 0 Å². The third-order valence-corrected chi connectivity index (χ3v) is 6.32. The Bertz CT molecular complexity index is 869. The molecule has 1 aliphatic heterocycles. The summed E-state index contributed by atoms with van der Waals surface area (Å²) >= 11 is 0. The Labute approximate surface area is 164 Å².